The number of hydrogen-bond donors (Lipinski definition) is 1. The molecule has 2 fully saturated rings. The molecular formula is C26H32N6O2. The number of anilines is 1. The van der Waals surface area contributed by atoms with E-state index in [1.165, 1.54) is 5.56 Å². The fourth-order valence-electron chi connectivity index (χ4n) is 4.78. The van der Waals surface area contributed by atoms with Crippen molar-refractivity contribution in [2.75, 3.05) is 44.6 Å². The number of carbonyl (C=O) groups excluding carboxylic acids is 2. The van der Waals surface area contributed by atoms with Gasteiger partial charge in [-0.3, -0.25) is 9.69 Å². The second-order valence-corrected chi connectivity index (χ2v) is 9.35. The van der Waals surface area contributed by atoms with Crippen LogP contribution in [0.1, 0.15) is 34.6 Å². The zero-order chi connectivity index (χ0) is 23.7. The molecule has 2 saturated heterocycles. The smallest absolute Gasteiger partial charge is 0.321 e. The van der Waals surface area contributed by atoms with Gasteiger partial charge in [-0.05, 0) is 50.1 Å². The van der Waals surface area contributed by atoms with E-state index < -0.39 is 0 Å². The predicted molar refractivity (Wildman–Crippen MR) is 133 cm³/mol. The van der Waals surface area contributed by atoms with Crippen molar-refractivity contribution in [2.24, 2.45) is 7.05 Å². The van der Waals surface area contributed by atoms with Crippen molar-refractivity contribution in [2.45, 2.75) is 26.3 Å². The first-order chi connectivity index (χ1) is 16.5. The number of carbonyl (C=O) groups is 2. The molecule has 34 heavy (non-hydrogen) atoms. The van der Waals surface area contributed by atoms with Gasteiger partial charge in [0.05, 0.1) is 17.6 Å². The van der Waals surface area contributed by atoms with Crippen LogP contribution in [0.2, 0.25) is 0 Å². The Balaban J connectivity index is 1.20. The summed E-state index contributed by atoms with van der Waals surface area (Å²) in [6, 6.07) is 13.6. The molecule has 1 N–H and O–H groups in total. The molecule has 0 aliphatic carbocycles. The predicted octanol–water partition coefficient (Wildman–Crippen LogP) is 3.47. The van der Waals surface area contributed by atoms with Crippen LogP contribution in [0.4, 0.5) is 10.5 Å². The summed E-state index contributed by atoms with van der Waals surface area (Å²) in [5.74, 6) is 1.07. The topological polar surface area (TPSA) is 73.7 Å². The van der Waals surface area contributed by atoms with Crippen molar-refractivity contribution < 1.29 is 9.59 Å². The van der Waals surface area contributed by atoms with E-state index >= 15 is 0 Å². The molecule has 5 rings (SSSR count). The Kier molecular flexibility index (Phi) is 6.24. The Hall–Kier alpha value is -3.39. The van der Waals surface area contributed by atoms with Crippen molar-refractivity contribution in [1.82, 2.24) is 24.3 Å². The maximum atomic E-state index is 12.8. The summed E-state index contributed by atoms with van der Waals surface area (Å²) in [4.78, 5) is 36.4. The summed E-state index contributed by atoms with van der Waals surface area (Å²) in [5.41, 5.74) is 4.60. The van der Waals surface area contributed by atoms with Crippen molar-refractivity contribution in [3.8, 4) is 0 Å². The number of hydrogen-bond acceptors (Lipinski definition) is 4. The molecule has 8 heteroatoms. The third-order valence-electron chi connectivity index (χ3n) is 6.94. The van der Waals surface area contributed by atoms with Crippen molar-refractivity contribution in [3.63, 3.8) is 0 Å². The highest BCUT2D eigenvalue weighted by Gasteiger charge is 2.24. The van der Waals surface area contributed by atoms with Gasteiger partial charge in [0.1, 0.15) is 5.82 Å². The molecule has 178 valence electrons. The first-order valence-electron chi connectivity index (χ1n) is 12.1. The van der Waals surface area contributed by atoms with Crippen LogP contribution in [-0.2, 0) is 13.6 Å². The van der Waals surface area contributed by atoms with Crippen LogP contribution in [0.25, 0.3) is 11.0 Å². The van der Waals surface area contributed by atoms with Gasteiger partial charge in [0, 0.05) is 57.6 Å². The summed E-state index contributed by atoms with van der Waals surface area (Å²) in [5, 5.41) is 2.99. The van der Waals surface area contributed by atoms with Crippen LogP contribution in [0.5, 0.6) is 0 Å². The van der Waals surface area contributed by atoms with E-state index in [0.29, 0.717) is 25.2 Å². The minimum atomic E-state index is -0.0542. The van der Waals surface area contributed by atoms with E-state index in [4.69, 9.17) is 4.98 Å². The van der Waals surface area contributed by atoms with Gasteiger partial charge >= 0.3 is 6.03 Å². The number of nitrogens with zero attached hydrogens (tertiary/aromatic N) is 5. The Bertz CT molecular complexity index is 1190. The normalized spacial score (nSPS) is 16.9. The molecule has 0 spiro atoms. The molecule has 8 nitrogen and oxygen atoms in total. The molecule has 0 atom stereocenters. The van der Waals surface area contributed by atoms with Gasteiger partial charge in [0.15, 0.2) is 0 Å². The molecule has 3 amide bonds. The number of rotatable bonds is 4. The van der Waals surface area contributed by atoms with Crippen LogP contribution < -0.4 is 5.32 Å². The van der Waals surface area contributed by atoms with Crippen LogP contribution in [0, 0.1) is 6.92 Å². The quantitative estimate of drug-likeness (QED) is 0.647. The minimum absolute atomic E-state index is 0.0542. The largest absolute Gasteiger partial charge is 0.339 e. The maximum Gasteiger partial charge on any atom is 0.321 e. The summed E-state index contributed by atoms with van der Waals surface area (Å²) in [6.45, 7) is 7.38. The lowest BCUT2D eigenvalue weighted by Crippen LogP contribution is -2.49. The zero-order valence-electron chi connectivity index (χ0n) is 20.0. The number of imidazole rings is 1. The number of likely N-dealkylation sites (tertiary alicyclic amines) is 1. The first-order valence-corrected chi connectivity index (χ1v) is 12.1. The van der Waals surface area contributed by atoms with Gasteiger partial charge in [-0.15, -0.1) is 0 Å². The lowest BCUT2D eigenvalue weighted by atomic mass is 10.2. The van der Waals surface area contributed by atoms with Gasteiger partial charge in [0.25, 0.3) is 5.91 Å². The second-order valence-electron chi connectivity index (χ2n) is 9.35. The molecule has 2 aromatic carbocycles. The van der Waals surface area contributed by atoms with Crippen molar-refractivity contribution in [1.29, 1.82) is 0 Å². The number of benzene rings is 2. The number of fused-ring (bicyclic) bond motifs is 1. The first kappa shape index (κ1) is 22.4. The average Bonchev–Trinajstić information content (AvgIpc) is 3.49. The van der Waals surface area contributed by atoms with Gasteiger partial charge in [-0.2, -0.15) is 0 Å². The summed E-state index contributed by atoms with van der Waals surface area (Å²) in [7, 11) is 2.03. The Morgan fingerprint density at radius 1 is 0.912 bits per heavy atom. The third kappa shape index (κ3) is 4.63. The highest BCUT2D eigenvalue weighted by atomic mass is 16.2. The third-order valence-corrected chi connectivity index (χ3v) is 6.94. The summed E-state index contributed by atoms with van der Waals surface area (Å²) in [6.07, 6.45) is 2.17. The molecule has 2 aliphatic heterocycles. The van der Waals surface area contributed by atoms with E-state index in [1.54, 1.807) is 0 Å². The number of piperazine rings is 1. The molecule has 0 saturated carbocycles. The molecule has 2 aliphatic rings. The zero-order valence-corrected chi connectivity index (χ0v) is 20.0. The van der Waals surface area contributed by atoms with Gasteiger partial charge in [-0.25, -0.2) is 9.78 Å². The molecular weight excluding hydrogens is 428 g/mol. The standard InChI is InChI=1S/C26H32N6O2/c1-19-5-8-21(9-6-19)27-26(34)32-15-13-30(14-16-32)18-24-28-22-17-20(7-10-23(22)29(24)2)25(33)31-11-3-4-12-31/h5-10,17H,3-4,11-16,18H2,1-2H3,(H,27,34). The summed E-state index contributed by atoms with van der Waals surface area (Å²) >= 11 is 0. The highest BCUT2D eigenvalue weighted by Crippen LogP contribution is 2.21. The van der Waals surface area contributed by atoms with Gasteiger partial charge < -0.3 is 19.7 Å². The van der Waals surface area contributed by atoms with E-state index in [-0.39, 0.29) is 11.9 Å². The van der Waals surface area contributed by atoms with E-state index in [0.717, 1.165) is 61.6 Å². The lowest BCUT2D eigenvalue weighted by Gasteiger charge is -2.34. The van der Waals surface area contributed by atoms with Crippen LogP contribution in [0.3, 0.4) is 0 Å². The van der Waals surface area contributed by atoms with Crippen LogP contribution in [0.15, 0.2) is 42.5 Å². The fraction of sp³-hybridized carbons (Fsp3) is 0.423. The molecule has 0 unspecified atom stereocenters. The number of nitrogens with one attached hydrogen (secondary N) is 1. The Morgan fingerprint density at radius 3 is 2.32 bits per heavy atom. The Morgan fingerprint density at radius 2 is 1.62 bits per heavy atom. The number of aryl methyl sites for hydroxylation is 2. The average molecular weight is 461 g/mol. The minimum Gasteiger partial charge on any atom is -0.339 e. The molecule has 3 heterocycles. The fourth-order valence-corrected chi connectivity index (χ4v) is 4.78. The molecule has 0 radical (unpaired) electrons. The molecule has 0 bridgehead atoms. The van der Waals surface area contributed by atoms with Crippen LogP contribution in [-0.4, -0.2) is 75.5 Å². The molecule has 1 aromatic heterocycles. The number of urea groups is 1. The lowest BCUT2D eigenvalue weighted by molar-refractivity contribution is 0.0793. The number of amides is 3. The van der Waals surface area contributed by atoms with Gasteiger partial charge in [0.2, 0.25) is 0 Å². The highest BCUT2D eigenvalue weighted by molar-refractivity contribution is 5.97. The monoisotopic (exact) mass is 460 g/mol. The number of aromatic nitrogens is 2. The SMILES string of the molecule is Cc1ccc(NC(=O)N2CCN(Cc3nc4cc(C(=O)N5CCCC5)ccc4n3C)CC2)cc1. The van der Waals surface area contributed by atoms with E-state index in [9.17, 15) is 9.59 Å². The Labute approximate surface area is 200 Å². The van der Waals surface area contributed by atoms with Crippen molar-refractivity contribution in [3.05, 3.63) is 59.4 Å². The summed E-state index contributed by atoms with van der Waals surface area (Å²) < 4.78 is 2.11. The van der Waals surface area contributed by atoms with E-state index in [1.807, 2.05) is 66.2 Å². The van der Waals surface area contributed by atoms with Crippen LogP contribution >= 0.6 is 0 Å². The molecule has 3 aromatic rings. The maximum absolute atomic E-state index is 12.8. The van der Waals surface area contributed by atoms with Crippen molar-refractivity contribution >= 4 is 28.7 Å². The second kappa shape index (κ2) is 9.46. The van der Waals surface area contributed by atoms with E-state index in [2.05, 4.69) is 14.8 Å². The van der Waals surface area contributed by atoms with Gasteiger partial charge in [-0.1, -0.05) is 17.7 Å².